The second-order valence-electron chi connectivity index (χ2n) is 5.08. The Morgan fingerprint density at radius 2 is 2.18 bits per heavy atom. The van der Waals surface area contributed by atoms with Crippen molar-refractivity contribution in [3.8, 4) is 0 Å². The number of nitrogens with zero attached hydrogens (tertiary/aromatic N) is 1. The summed E-state index contributed by atoms with van der Waals surface area (Å²) in [5.41, 5.74) is -0.722. The van der Waals surface area contributed by atoms with Crippen LogP contribution >= 0.6 is 0 Å². The summed E-state index contributed by atoms with van der Waals surface area (Å²) >= 11 is 0. The first-order chi connectivity index (χ1) is 7.73. The lowest BCUT2D eigenvalue weighted by Crippen LogP contribution is -2.48. The van der Waals surface area contributed by atoms with Crippen LogP contribution in [0.5, 0.6) is 0 Å². The summed E-state index contributed by atoms with van der Waals surface area (Å²) in [5.74, 6) is -1.94. The molecule has 96 valence electrons. The highest BCUT2D eigenvalue weighted by molar-refractivity contribution is 7.91. The smallest absolute Gasteiger partial charge is 0.308 e. The Bertz CT molecular complexity index is 471. The molecule has 7 heteroatoms. The molecule has 6 nitrogen and oxygen atoms in total. The minimum atomic E-state index is -3.09. The van der Waals surface area contributed by atoms with Gasteiger partial charge in [-0.2, -0.15) is 0 Å². The van der Waals surface area contributed by atoms with Crippen LogP contribution < -0.4 is 0 Å². The number of carbonyl (C=O) groups excluding carboxylic acids is 1. The first-order valence-corrected chi connectivity index (χ1v) is 7.29. The van der Waals surface area contributed by atoms with Crippen molar-refractivity contribution in [3.05, 3.63) is 0 Å². The molecule has 2 aliphatic rings. The van der Waals surface area contributed by atoms with Crippen molar-refractivity contribution in [2.24, 2.45) is 5.92 Å². The molecule has 0 spiro atoms. The Hall–Kier alpha value is -1.11. The average molecular weight is 261 g/mol. The fourth-order valence-electron chi connectivity index (χ4n) is 2.60. The van der Waals surface area contributed by atoms with Crippen molar-refractivity contribution in [3.63, 3.8) is 0 Å². The van der Waals surface area contributed by atoms with E-state index in [1.165, 1.54) is 4.90 Å². The van der Waals surface area contributed by atoms with E-state index in [9.17, 15) is 18.0 Å². The van der Waals surface area contributed by atoms with Gasteiger partial charge in [0, 0.05) is 13.0 Å². The number of sulfone groups is 1. The Kier molecular flexibility index (Phi) is 2.68. The third kappa shape index (κ3) is 2.15. The molecule has 0 aromatic carbocycles. The van der Waals surface area contributed by atoms with Crippen LogP contribution in [0.2, 0.25) is 0 Å². The maximum Gasteiger partial charge on any atom is 0.308 e. The number of carboxylic acids is 1. The Balaban J connectivity index is 2.19. The molecule has 2 saturated heterocycles. The first-order valence-electron chi connectivity index (χ1n) is 5.47. The fraction of sp³-hybridized carbons (Fsp3) is 0.800. The molecular weight excluding hydrogens is 246 g/mol. The van der Waals surface area contributed by atoms with Crippen LogP contribution in [0.4, 0.5) is 0 Å². The van der Waals surface area contributed by atoms with E-state index in [-0.39, 0.29) is 30.4 Å². The van der Waals surface area contributed by atoms with E-state index < -0.39 is 27.3 Å². The van der Waals surface area contributed by atoms with Gasteiger partial charge in [0.25, 0.3) is 0 Å². The van der Waals surface area contributed by atoms with Gasteiger partial charge in [-0.15, -0.1) is 0 Å². The summed E-state index contributed by atoms with van der Waals surface area (Å²) in [7, 11) is -3.09. The van der Waals surface area contributed by atoms with Gasteiger partial charge < -0.3 is 10.0 Å². The molecule has 2 fully saturated rings. The van der Waals surface area contributed by atoms with Gasteiger partial charge in [0.05, 0.1) is 23.0 Å². The molecule has 2 heterocycles. The molecule has 0 aromatic rings. The summed E-state index contributed by atoms with van der Waals surface area (Å²) in [6, 6.07) is 0. The van der Waals surface area contributed by atoms with Crippen molar-refractivity contribution in [1.82, 2.24) is 4.90 Å². The second-order valence-corrected chi connectivity index (χ2v) is 7.27. The molecule has 2 aliphatic heterocycles. The Morgan fingerprint density at radius 3 is 2.59 bits per heavy atom. The molecule has 0 aromatic heterocycles. The van der Waals surface area contributed by atoms with Gasteiger partial charge in [-0.25, -0.2) is 8.42 Å². The van der Waals surface area contributed by atoms with Crippen molar-refractivity contribution in [1.29, 1.82) is 0 Å². The molecule has 0 radical (unpaired) electrons. The third-order valence-electron chi connectivity index (χ3n) is 3.61. The first kappa shape index (κ1) is 12.3. The summed E-state index contributed by atoms with van der Waals surface area (Å²) in [6.07, 6.45) is 0.373. The summed E-state index contributed by atoms with van der Waals surface area (Å²) in [6.45, 7) is 1.85. The van der Waals surface area contributed by atoms with E-state index in [1.807, 2.05) is 0 Å². The number of rotatable bonds is 2. The lowest BCUT2D eigenvalue weighted by Gasteiger charge is -2.34. The summed E-state index contributed by atoms with van der Waals surface area (Å²) < 4.78 is 22.9. The van der Waals surface area contributed by atoms with Gasteiger partial charge in [-0.05, 0) is 13.3 Å². The number of amides is 1. The molecule has 2 atom stereocenters. The van der Waals surface area contributed by atoms with Crippen molar-refractivity contribution < 1.29 is 23.1 Å². The van der Waals surface area contributed by atoms with Gasteiger partial charge >= 0.3 is 5.97 Å². The standard InChI is InChI=1S/C10H15NO5S/c1-10(2-3-17(15,16)6-10)11-5-7(9(13)14)4-8(11)12/h7H,2-6H2,1H3,(H,13,14). The fourth-order valence-corrected chi connectivity index (χ4v) is 4.74. The highest BCUT2D eigenvalue weighted by Crippen LogP contribution is 2.34. The Labute approximate surface area is 99.5 Å². The van der Waals surface area contributed by atoms with Crippen molar-refractivity contribution >= 4 is 21.7 Å². The zero-order valence-corrected chi connectivity index (χ0v) is 10.4. The molecule has 17 heavy (non-hydrogen) atoms. The maximum absolute atomic E-state index is 11.8. The Morgan fingerprint density at radius 1 is 1.53 bits per heavy atom. The van der Waals surface area contributed by atoms with Crippen LogP contribution in [-0.4, -0.2) is 53.9 Å². The van der Waals surface area contributed by atoms with Crippen LogP contribution in [0.15, 0.2) is 0 Å². The molecule has 2 rings (SSSR count). The number of carboxylic acid groups (broad SMARTS) is 1. The number of carbonyl (C=O) groups is 2. The molecule has 0 aliphatic carbocycles. The van der Waals surface area contributed by atoms with Crippen molar-refractivity contribution in [2.45, 2.75) is 25.3 Å². The largest absolute Gasteiger partial charge is 0.481 e. The van der Waals surface area contributed by atoms with E-state index in [1.54, 1.807) is 6.92 Å². The molecule has 1 amide bonds. The SMILES string of the molecule is CC1(N2CC(C(=O)O)CC2=O)CCS(=O)(=O)C1. The predicted octanol–water partition coefficient (Wildman–Crippen LogP) is -0.503. The zero-order valence-electron chi connectivity index (χ0n) is 9.55. The van der Waals surface area contributed by atoms with Crippen LogP contribution in [0, 0.1) is 5.92 Å². The highest BCUT2D eigenvalue weighted by Gasteiger charge is 2.49. The van der Waals surface area contributed by atoms with E-state index in [4.69, 9.17) is 5.11 Å². The molecule has 0 bridgehead atoms. The van der Waals surface area contributed by atoms with Crippen molar-refractivity contribution in [2.75, 3.05) is 18.1 Å². The number of aliphatic carboxylic acids is 1. The molecule has 0 saturated carbocycles. The van der Waals surface area contributed by atoms with Gasteiger partial charge in [0.2, 0.25) is 5.91 Å². The van der Waals surface area contributed by atoms with E-state index >= 15 is 0 Å². The van der Waals surface area contributed by atoms with Crippen LogP contribution in [0.3, 0.4) is 0 Å². The summed E-state index contributed by atoms with van der Waals surface area (Å²) in [5, 5.41) is 8.88. The lowest BCUT2D eigenvalue weighted by molar-refractivity contribution is -0.141. The van der Waals surface area contributed by atoms with Gasteiger partial charge in [0.15, 0.2) is 9.84 Å². The van der Waals surface area contributed by atoms with E-state index in [2.05, 4.69) is 0 Å². The van der Waals surface area contributed by atoms with Crippen LogP contribution in [-0.2, 0) is 19.4 Å². The molecule has 1 N–H and O–H groups in total. The molecule has 2 unspecified atom stereocenters. The van der Waals surface area contributed by atoms with Gasteiger partial charge in [-0.3, -0.25) is 9.59 Å². The van der Waals surface area contributed by atoms with E-state index in [0.717, 1.165) is 0 Å². The van der Waals surface area contributed by atoms with Crippen LogP contribution in [0.25, 0.3) is 0 Å². The number of hydrogen-bond acceptors (Lipinski definition) is 4. The summed E-state index contributed by atoms with van der Waals surface area (Å²) in [4.78, 5) is 24.0. The molecular formula is C10H15NO5S. The predicted molar refractivity (Wildman–Crippen MR) is 59.1 cm³/mol. The third-order valence-corrected chi connectivity index (χ3v) is 5.50. The normalized spacial score (nSPS) is 36.4. The minimum Gasteiger partial charge on any atom is -0.481 e. The van der Waals surface area contributed by atoms with Gasteiger partial charge in [-0.1, -0.05) is 0 Å². The topological polar surface area (TPSA) is 91.8 Å². The second kappa shape index (κ2) is 3.69. The lowest BCUT2D eigenvalue weighted by atomic mass is 10.00. The number of hydrogen-bond donors (Lipinski definition) is 1. The van der Waals surface area contributed by atoms with Gasteiger partial charge in [0.1, 0.15) is 0 Å². The maximum atomic E-state index is 11.8. The zero-order chi connectivity index (χ0) is 12.8. The average Bonchev–Trinajstić information content (AvgIpc) is 2.69. The number of likely N-dealkylation sites (tertiary alicyclic amines) is 1. The monoisotopic (exact) mass is 261 g/mol. The van der Waals surface area contributed by atoms with E-state index in [0.29, 0.717) is 6.42 Å². The minimum absolute atomic E-state index is 0.0228. The highest BCUT2D eigenvalue weighted by atomic mass is 32.2. The quantitative estimate of drug-likeness (QED) is 0.723. The van der Waals surface area contributed by atoms with Crippen LogP contribution in [0.1, 0.15) is 19.8 Å².